The lowest BCUT2D eigenvalue weighted by molar-refractivity contribution is -0.136. The summed E-state index contributed by atoms with van der Waals surface area (Å²) in [4.78, 5) is 23.5. The number of hydrogen-bond donors (Lipinski definition) is 3. The summed E-state index contributed by atoms with van der Waals surface area (Å²) in [5, 5.41) is 14.4. The van der Waals surface area contributed by atoms with Gasteiger partial charge in [-0.25, -0.2) is 9.59 Å². The number of phenolic OH excluding ortho intramolecular Hbond substituents is 1. The van der Waals surface area contributed by atoms with Crippen LogP contribution in [0.1, 0.15) is 11.6 Å². The molecule has 0 spiro atoms. The summed E-state index contributed by atoms with van der Waals surface area (Å²) < 4.78 is 4.74. The van der Waals surface area contributed by atoms with E-state index in [9.17, 15) is 14.7 Å². The zero-order valence-corrected chi connectivity index (χ0v) is 11.4. The van der Waals surface area contributed by atoms with Gasteiger partial charge in [0.1, 0.15) is 5.75 Å². The van der Waals surface area contributed by atoms with Gasteiger partial charge in [-0.15, -0.1) is 11.6 Å². The second-order valence-electron chi connectivity index (χ2n) is 4.14. The highest BCUT2D eigenvalue weighted by Crippen LogP contribution is 2.28. The van der Waals surface area contributed by atoms with Gasteiger partial charge in [0, 0.05) is 5.70 Å². The minimum atomic E-state index is -0.675. The number of hydrogen-bond acceptors (Lipinski definition) is 4. The molecule has 1 aliphatic rings. The average Bonchev–Trinajstić information content (AvgIpc) is 2.46. The van der Waals surface area contributed by atoms with Crippen LogP contribution in [-0.4, -0.2) is 30.1 Å². The summed E-state index contributed by atoms with van der Waals surface area (Å²) in [6.45, 7) is 0. The van der Waals surface area contributed by atoms with Crippen molar-refractivity contribution in [2.75, 3.05) is 13.0 Å². The van der Waals surface area contributed by atoms with Gasteiger partial charge >= 0.3 is 12.0 Å². The van der Waals surface area contributed by atoms with E-state index in [0.29, 0.717) is 11.3 Å². The number of amides is 2. The van der Waals surface area contributed by atoms with Gasteiger partial charge in [0.2, 0.25) is 0 Å². The predicted octanol–water partition coefficient (Wildman–Crippen LogP) is 1.41. The number of allylic oxidation sites excluding steroid dienone is 1. The third-order valence-corrected chi connectivity index (χ3v) is 3.19. The third kappa shape index (κ3) is 2.70. The Labute approximate surface area is 120 Å². The largest absolute Gasteiger partial charge is 0.508 e. The second-order valence-corrected chi connectivity index (χ2v) is 4.41. The van der Waals surface area contributed by atoms with Gasteiger partial charge < -0.3 is 20.5 Å². The number of phenols is 1. The van der Waals surface area contributed by atoms with E-state index in [-0.39, 0.29) is 17.2 Å². The van der Waals surface area contributed by atoms with Gasteiger partial charge in [0.15, 0.2) is 0 Å². The molecule has 0 saturated carbocycles. The number of aromatic hydroxyl groups is 1. The van der Waals surface area contributed by atoms with Crippen LogP contribution in [-0.2, 0) is 9.53 Å². The van der Waals surface area contributed by atoms with Gasteiger partial charge in [-0.1, -0.05) is 12.1 Å². The summed E-state index contributed by atoms with van der Waals surface area (Å²) in [5.41, 5.74) is 1.19. The Balaban J connectivity index is 2.49. The van der Waals surface area contributed by atoms with Crippen LogP contribution >= 0.6 is 11.6 Å². The fraction of sp³-hybridized carbons (Fsp3) is 0.231. The molecule has 0 bridgehead atoms. The number of ether oxygens (including phenoxy) is 1. The first-order valence-corrected chi connectivity index (χ1v) is 6.34. The van der Waals surface area contributed by atoms with Crippen LogP contribution in [0, 0.1) is 0 Å². The molecule has 0 unspecified atom stereocenters. The van der Waals surface area contributed by atoms with Crippen molar-refractivity contribution in [3.05, 3.63) is 41.1 Å². The van der Waals surface area contributed by atoms with E-state index in [1.165, 1.54) is 19.2 Å². The Kier molecular flexibility index (Phi) is 4.14. The van der Waals surface area contributed by atoms with E-state index in [1.54, 1.807) is 12.1 Å². The maximum Gasteiger partial charge on any atom is 0.338 e. The number of esters is 1. The van der Waals surface area contributed by atoms with Crippen molar-refractivity contribution in [2.24, 2.45) is 0 Å². The highest BCUT2D eigenvalue weighted by Gasteiger charge is 2.32. The molecule has 1 aliphatic heterocycles. The summed E-state index contributed by atoms with van der Waals surface area (Å²) in [6.07, 6.45) is 0. The van der Waals surface area contributed by atoms with Crippen molar-refractivity contribution in [1.29, 1.82) is 0 Å². The van der Waals surface area contributed by atoms with Crippen molar-refractivity contribution in [1.82, 2.24) is 10.6 Å². The number of carbonyl (C=O) groups is 2. The van der Waals surface area contributed by atoms with Crippen LogP contribution in [0.15, 0.2) is 35.5 Å². The monoisotopic (exact) mass is 296 g/mol. The van der Waals surface area contributed by atoms with E-state index in [1.807, 2.05) is 0 Å². The van der Waals surface area contributed by atoms with Crippen molar-refractivity contribution in [3.63, 3.8) is 0 Å². The molecular formula is C13H13ClN2O4. The Morgan fingerprint density at radius 3 is 2.60 bits per heavy atom. The quantitative estimate of drug-likeness (QED) is 0.581. The first-order valence-electron chi connectivity index (χ1n) is 5.80. The first-order chi connectivity index (χ1) is 9.56. The van der Waals surface area contributed by atoms with Crippen LogP contribution in [0.4, 0.5) is 4.79 Å². The smallest absolute Gasteiger partial charge is 0.338 e. The molecule has 3 N–H and O–H groups in total. The number of nitrogens with one attached hydrogen (secondary N) is 2. The lowest BCUT2D eigenvalue weighted by Crippen LogP contribution is -2.46. The zero-order chi connectivity index (χ0) is 14.7. The van der Waals surface area contributed by atoms with Gasteiger partial charge in [-0.3, -0.25) is 0 Å². The molecule has 6 nitrogen and oxygen atoms in total. The number of benzene rings is 1. The fourth-order valence-electron chi connectivity index (χ4n) is 1.99. The van der Waals surface area contributed by atoms with Crippen LogP contribution < -0.4 is 10.6 Å². The highest BCUT2D eigenvalue weighted by atomic mass is 35.5. The number of halogens is 1. The molecule has 1 aromatic rings. The van der Waals surface area contributed by atoms with Crippen LogP contribution in [0.3, 0.4) is 0 Å². The van der Waals surface area contributed by atoms with Crippen LogP contribution in [0.2, 0.25) is 0 Å². The van der Waals surface area contributed by atoms with Gasteiger partial charge in [-0.2, -0.15) is 0 Å². The van der Waals surface area contributed by atoms with E-state index in [2.05, 4.69) is 10.6 Å². The first kappa shape index (κ1) is 14.2. The zero-order valence-electron chi connectivity index (χ0n) is 10.6. The Bertz CT molecular complexity index is 568. The molecule has 2 rings (SSSR count). The van der Waals surface area contributed by atoms with Crippen LogP contribution in [0.5, 0.6) is 5.75 Å². The molecule has 7 heteroatoms. The van der Waals surface area contributed by atoms with Crippen molar-refractivity contribution >= 4 is 23.6 Å². The third-order valence-electron chi connectivity index (χ3n) is 2.92. The molecule has 0 aliphatic carbocycles. The Morgan fingerprint density at radius 1 is 1.40 bits per heavy atom. The molecule has 1 heterocycles. The normalized spacial score (nSPS) is 18.3. The molecule has 0 saturated heterocycles. The lowest BCUT2D eigenvalue weighted by Gasteiger charge is -2.28. The number of alkyl halides is 1. The Hall–Kier alpha value is -2.21. The standard InChI is InChI=1S/C13H13ClN2O4/c1-20-12(18)10-9(6-14)15-13(19)16-11(10)7-2-4-8(17)5-3-7/h2-5,11,17H,6H2,1H3,(H2,15,16,19)/t11-/m1/s1. The summed E-state index contributed by atoms with van der Waals surface area (Å²) >= 11 is 5.77. The maximum atomic E-state index is 11.9. The van der Waals surface area contributed by atoms with Crippen LogP contribution in [0.25, 0.3) is 0 Å². The SMILES string of the molecule is COC(=O)C1=C(CCl)NC(=O)N[C@@H]1c1ccc(O)cc1. The molecule has 2 amide bonds. The van der Waals surface area contributed by atoms with Crippen molar-refractivity contribution in [3.8, 4) is 5.75 Å². The number of methoxy groups -OCH3 is 1. The maximum absolute atomic E-state index is 11.9. The van der Waals surface area contributed by atoms with E-state index >= 15 is 0 Å². The number of carbonyl (C=O) groups excluding carboxylic acids is 2. The molecule has 20 heavy (non-hydrogen) atoms. The predicted molar refractivity (Wildman–Crippen MR) is 72.3 cm³/mol. The van der Waals surface area contributed by atoms with E-state index in [0.717, 1.165) is 0 Å². The molecule has 0 radical (unpaired) electrons. The summed E-state index contributed by atoms with van der Waals surface area (Å²) in [5.74, 6) is -0.506. The van der Waals surface area contributed by atoms with Gasteiger partial charge in [0.25, 0.3) is 0 Å². The summed E-state index contributed by atoms with van der Waals surface area (Å²) in [6, 6.07) is 5.04. The second kappa shape index (κ2) is 5.83. The van der Waals surface area contributed by atoms with E-state index in [4.69, 9.17) is 16.3 Å². The van der Waals surface area contributed by atoms with Gasteiger partial charge in [-0.05, 0) is 17.7 Å². The van der Waals surface area contributed by atoms with Crippen molar-refractivity contribution < 1.29 is 19.4 Å². The molecular weight excluding hydrogens is 284 g/mol. The fourth-order valence-corrected chi connectivity index (χ4v) is 2.20. The highest BCUT2D eigenvalue weighted by molar-refractivity contribution is 6.20. The van der Waals surface area contributed by atoms with Crippen molar-refractivity contribution in [2.45, 2.75) is 6.04 Å². The molecule has 1 atom stereocenters. The molecule has 0 fully saturated rings. The average molecular weight is 297 g/mol. The lowest BCUT2D eigenvalue weighted by atomic mass is 9.95. The molecule has 0 aromatic heterocycles. The van der Waals surface area contributed by atoms with E-state index < -0.39 is 18.0 Å². The summed E-state index contributed by atoms with van der Waals surface area (Å²) in [7, 11) is 1.26. The Morgan fingerprint density at radius 2 is 2.05 bits per heavy atom. The number of rotatable bonds is 3. The minimum absolute atomic E-state index is 0.0214. The molecule has 1 aromatic carbocycles. The minimum Gasteiger partial charge on any atom is -0.508 e. The molecule has 106 valence electrons. The number of urea groups is 1. The topological polar surface area (TPSA) is 87.7 Å². The van der Waals surface area contributed by atoms with Gasteiger partial charge in [0.05, 0.1) is 24.6 Å².